The molecule has 0 radical (unpaired) electrons. The van der Waals surface area contributed by atoms with E-state index in [1.165, 1.54) is 13.8 Å². The summed E-state index contributed by atoms with van der Waals surface area (Å²) in [5, 5.41) is 8.99. The first-order valence-corrected chi connectivity index (χ1v) is 9.74. The van der Waals surface area contributed by atoms with Gasteiger partial charge in [-0.3, -0.25) is 9.59 Å². The Labute approximate surface area is 174 Å². The third-order valence-corrected chi connectivity index (χ3v) is 5.06. The predicted octanol–water partition coefficient (Wildman–Crippen LogP) is 1.94. The molecule has 0 aliphatic carbocycles. The molecule has 1 aromatic rings. The van der Waals surface area contributed by atoms with E-state index in [4.69, 9.17) is 24.2 Å². The lowest BCUT2D eigenvalue weighted by molar-refractivity contribution is -0.210. The molecule has 160 valence electrons. The smallest absolute Gasteiger partial charge is 0.417 e. The third kappa shape index (κ3) is 4.78. The van der Waals surface area contributed by atoms with Crippen LogP contribution in [0, 0.1) is 11.3 Å². The van der Waals surface area contributed by atoms with Gasteiger partial charge in [0.1, 0.15) is 12.1 Å². The van der Waals surface area contributed by atoms with E-state index in [1.54, 1.807) is 0 Å². The molecular weight excluding hydrogens is 392 g/mol. The normalized spacial score (nSPS) is 27.7. The number of benzene rings is 1. The van der Waals surface area contributed by atoms with Gasteiger partial charge in [-0.1, -0.05) is 30.3 Å². The van der Waals surface area contributed by atoms with E-state index < -0.39 is 48.4 Å². The molecule has 1 unspecified atom stereocenters. The minimum absolute atomic E-state index is 0.0801. The second-order valence-corrected chi connectivity index (χ2v) is 7.21. The highest BCUT2D eigenvalue weighted by molar-refractivity contribution is 5.92. The summed E-state index contributed by atoms with van der Waals surface area (Å²) >= 11 is 0. The second-order valence-electron chi connectivity index (χ2n) is 7.21. The number of amides is 2. The van der Waals surface area contributed by atoms with Crippen LogP contribution in [0.5, 0.6) is 0 Å². The van der Waals surface area contributed by atoms with E-state index in [0.717, 1.165) is 10.5 Å². The number of nitriles is 1. The fourth-order valence-corrected chi connectivity index (χ4v) is 3.86. The Morgan fingerprint density at radius 1 is 1.20 bits per heavy atom. The molecule has 2 aliphatic heterocycles. The summed E-state index contributed by atoms with van der Waals surface area (Å²) in [5.74, 6) is -1.07. The van der Waals surface area contributed by atoms with Crippen LogP contribution < -0.4 is 0 Å². The van der Waals surface area contributed by atoms with Crippen molar-refractivity contribution in [3.05, 3.63) is 35.9 Å². The Kier molecular flexibility index (Phi) is 7.03. The summed E-state index contributed by atoms with van der Waals surface area (Å²) in [5.41, 5.74) is 0.964. The highest BCUT2D eigenvalue weighted by Crippen LogP contribution is 2.36. The van der Waals surface area contributed by atoms with Crippen molar-refractivity contribution in [3.63, 3.8) is 0 Å². The van der Waals surface area contributed by atoms with Crippen molar-refractivity contribution in [2.75, 3.05) is 6.61 Å². The van der Waals surface area contributed by atoms with Gasteiger partial charge in [-0.25, -0.2) is 9.69 Å². The van der Waals surface area contributed by atoms with Crippen molar-refractivity contribution < 1.29 is 33.3 Å². The maximum absolute atomic E-state index is 12.3. The van der Waals surface area contributed by atoms with Gasteiger partial charge in [-0.05, 0) is 12.0 Å². The summed E-state index contributed by atoms with van der Waals surface area (Å²) in [4.78, 5) is 37.1. The molecule has 2 amide bonds. The Morgan fingerprint density at radius 2 is 1.93 bits per heavy atom. The van der Waals surface area contributed by atoms with E-state index in [-0.39, 0.29) is 13.0 Å². The number of fused-ring (bicyclic) bond motifs is 1. The number of esters is 1. The Hall–Kier alpha value is -2.96. The zero-order chi connectivity index (χ0) is 21.7. The van der Waals surface area contributed by atoms with Gasteiger partial charge in [-0.15, -0.1) is 0 Å². The molecule has 5 atom stereocenters. The van der Waals surface area contributed by atoms with Crippen LogP contribution >= 0.6 is 0 Å². The van der Waals surface area contributed by atoms with Gasteiger partial charge in [0.15, 0.2) is 12.2 Å². The van der Waals surface area contributed by atoms with Crippen molar-refractivity contribution in [2.45, 2.75) is 63.8 Å². The van der Waals surface area contributed by atoms with Crippen LogP contribution in [-0.4, -0.2) is 59.9 Å². The predicted molar refractivity (Wildman–Crippen MR) is 102 cm³/mol. The van der Waals surface area contributed by atoms with Gasteiger partial charge in [0, 0.05) is 20.3 Å². The molecule has 0 bridgehead atoms. The Balaban J connectivity index is 1.80. The van der Waals surface area contributed by atoms with E-state index in [0.29, 0.717) is 13.0 Å². The van der Waals surface area contributed by atoms with Crippen LogP contribution in [0.4, 0.5) is 4.79 Å². The summed E-state index contributed by atoms with van der Waals surface area (Å²) in [7, 11) is 0. The highest BCUT2D eigenvalue weighted by Gasteiger charge is 2.58. The second kappa shape index (κ2) is 9.69. The molecule has 0 spiro atoms. The minimum Gasteiger partial charge on any atom is -0.456 e. The summed E-state index contributed by atoms with van der Waals surface area (Å²) in [6, 6.07) is 10.8. The minimum atomic E-state index is -0.935. The van der Waals surface area contributed by atoms with Gasteiger partial charge < -0.3 is 18.9 Å². The number of carbonyl (C=O) groups excluding carboxylic acids is 3. The van der Waals surface area contributed by atoms with Gasteiger partial charge in [0.2, 0.25) is 5.91 Å². The average Bonchev–Trinajstić information content (AvgIpc) is 3.06. The van der Waals surface area contributed by atoms with Crippen molar-refractivity contribution in [3.8, 4) is 6.07 Å². The molecule has 0 N–H and O–H groups in total. The fourth-order valence-electron chi connectivity index (χ4n) is 3.86. The molecule has 2 aliphatic rings. The molecule has 2 fully saturated rings. The van der Waals surface area contributed by atoms with Gasteiger partial charge in [-0.2, -0.15) is 5.26 Å². The number of hydrogen-bond acceptors (Lipinski definition) is 8. The summed E-state index contributed by atoms with van der Waals surface area (Å²) in [6.45, 7) is 2.90. The van der Waals surface area contributed by atoms with Crippen LogP contribution in [0.3, 0.4) is 0 Å². The van der Waals surface area contributed by atoms with Crippen LogP contribution in [0.25, 0.3) is 0 Å². The Morgan fingerprint density at radius 3 is 2.57 bits per heavy atom. The molecule has 3 rings (SSSR count). The largest absolute Gasteiger partial charge is 0.456 e. The van der Waals surface area contributed by atoms with Gasteiger partial charge >= 0.3 is 12.1 Å². The first-order chi connectivity index (χ1) is 14.4. The van der Waals surface area contributed by atoms with Crippen molar-refractivity contribution in [1.82, 2.24) is 4.90 Å². The number of nitrogens with zero attached hydrogens (tertiary/aromatic N) is 2. The Bertz CT molecular complexity index is 822. The molecule has 2 heterocycles. The quantitative estimate of drug-likeness (QED) is 0.620. The number of hydrogen-bond donors (Lipinski definition) is 0. The van der Waals surface area contributed by atoms with Crippen molar-refractivity contribution in [2.24, 2.45) is 0 Å². The molecule has 0 saturated carbocycles. The van der Waals surface area contributed by atoms with Gasteiger partial charge in [0.05, 0.1) is 25.4 Å². The van der Waals surface area contributed by atoms with Crippen LogP contribution in [0.2, 0.25) is 0 Å². The lowest BCUT2D eigenvalue weighted by Gasteiger charge is -2.42. The lowest BCUT2D eigenvalue weighted by atomic mass is 9.90. The first kappa shape index (κ1) is 21.7. The van der Waals surface area contributed by atoms with E-state index >= 15 is 0 Å². The maximum Gasteiger partial charge on any atom is 0.417 e. The summed E-state index contributed by atoms with van der Waals surface area (Å²) in [6.07, 6.45) is -3.54. The number of carbonyl (C=O) groups is 3. The standard InChI is InChI=1S/C21H24N2O7/c1-13(24)23-18-16(9-6-10-22)29-17(12-27-11-15-7-4-3-5-8-15)19(28-14(2)25)20(18)30-21(23)26/h3-5,7-8,16-20H,6,9,11-12H2,1-2H3/t16?,17-,18+,19-,20-/m1/s1. The summed E-state index contributed by atoms with van der Waals surface area (Å²) < 4.78 is 22.7. The monoisotopic (exact) mass is 416 g/mol. The van der Waals surface area contributed by atoms with Crippen molar-refractivity contribution >= 4 is 18.0 Å². The number of rotatable bonds is 7. The zero-order valence-electron chi connectivity index (χ0n) is 16.9. The van der Waals surface area contributed by atoms with Crippen LogP contribution in [0.15, 0.2) is 30.3 Å². The van der Waals surface area contributed by atoms with Gasteiger partial charge in [0.25, 0.3) is 0 Å². The fraction of sp³-hybridized carbons (Fsp3) is 0.524. The molecule has 9 nitrogen and oxygen atoms in total. The highest BCUT2D eigenvalue weighted by atomic mass is 16.6. The molecule has 1 aromatic carbocycles. The molecule has 0 aromatic heterocycles. The third-order valence-electron chi connectivity index (χ3n) is 5.06. The van der Waals surface area contributed by atoms with E-state index in [9.17, 15) is 14.4 Å². The SMILES string of the molecule is CC(=O)O[C@H]1[C@@H]2OC(=O)N(C(C)=O)[C@H]2C(CCC#N)O[C@@H]1COCc1ccccc1. The zero-order valence-corrected chi connectivity index (χ0v) is 16.9. The van der Waals surface area contributed by atoms with E-state index in [2.05, 4.69) is 0 Å². The maximum atomic E-state index is 12.3. The van der Waals surface area contributed by atoms with Crippen LogP contribution in [-0.2, 0) is 35.1 Å². The van der Waals surface area contributed by atoms with Crippen molar-refractivity contribution in [1.29, 1.82) is 5.26 Å². The number of ether oxygens (including phenoxy) is 4. The molecule has 30 heavy (non-hydrogen) atoms. The topological polar surface area (TPSA) is 115 Å². The average molecular weight is 416 g/mol. The molecular formula is C21H24N2O7. The number of imide groups is 1. The molecule has 9 heteroatoms. The molecule has 2 saturated heterocycles. The van der Waals surface area contributed by atoms with E-state index in [1.807, 2.05) is 36.4 Å². The lowest BCUT2D eigenvalue weighted by Crippen LogP contribution is -2.62. The first-order valence-electron chi connectivity index (χ1n) is 9.74. The van der Waals surface area contributed by atoms with Crippen LogP contribution in [0.1, 0.15) is 32.3 Å².